The van der Waals surface area contributed by atoms with Gasteiger partial charge in [0.05, 0.1) is 24.2 Å². The van der Waals surface area contributed by atoms with Crippen LogP contribution in [0, 0.1) is 18.3 Å². The highest BCUT2D eigenvalue weighted by Crippen LogP contribution is 2.37. The van der Waals surface area contributed by atoms with Crippen molar-refractivity contribution in [2.75, 3.05) is 20.2 Å². The summed E-state index contributed by atoms with van der Waals surface area (Å²) >= 11 is 0. The summed E-state index contributed by atoms with van der Waals surface area (Å²) < 4.78 is 11.8. The first-order valence-corrected chi connectivity index (χ1v) is 10.4. The van der Waals surface area contributed by atoms with Crippen molar-refractivity contribution in [3.8, 4) is 28.7 Å². The SMILES string of the molecule is COc1cc(-c2cnc3[nH]c4cnc(C#N)c(OC5CCNCC5)c4c3c2)ccc1C. The van der Waals surface area contributed by atoms with Crippen molar-refractivity contribution in [1.29, 1.82) is 5.26 Å². The number of aromatic amines is 1. The fourth-order valence-corrected chi connectivity index (χ4v) is 4.17. The number of aromatic nitrogens is 3. The van der Waals surface area contributed by atoms with Gasteiger partial charge in [-0.2, -0.15) is 5.26 Å². The van der Waals surface area contributed by atoms with Gasteiger partial charge in [-0.05, 0) is 56.1 Å². The van der Waals surface area contributed by atoms with Crippen molar-refractivity contribution >= 4 is 21.9 Å². The van der Waals surface area contributed by atoms with Gasteiger partial charge < -0.3 is 19.8 Å². The molecule has 0 atom stereocenters. The largest absolute Gasteiger partial charge is 0.496 e. The van der Waals surface area contributed by atoms with E-state index >= 15 is 0 Å². The number of ether oxygens (including phenoxy) is 2. The van der Waals surface area contributed by atoms with Crippen LogP contribution in [0.5, 0.6) is 11.5 Å². The van der Waals surface area contributed by atoms with E-state index in [4.69, 9.17) is 9.47 Å². The number of H-pyrrole nitrogens is 1. The van der Waals surface area contributed by atoms with E-state index in [1.165, 1.54) is 0 Å². The summed E-state index contributed by atoms with van der Waals surface area (Å²) in [6, 6.07) is 10.4. The summed E-state index contributed by atoms with van der Waals surface area (Å²) in [6.45, 7) is 3.83. The Kier molecular flexibility index (Phi) is 4.92. The molecule has 5 rings (SSSR count). The smallest absolute Gasteiger partial charge is 0.183 e. The van der Waals surface area contributed by atoms with Gasteiger partial charge in [0.1, 0.15) is 23.6 Å². The first-order chi connectivity index (χ1) is 15.2. The Morgan fingerprint density at radius 1 is 1.10 bits per heavy atom. The molecule has 0 spiro atoms. The fourth-order valence-electron chi connectivity index (χ4n) is 4.17. The number of aryl methyl sites for hydroxylation is 1. The number of nitrogens with zero attached hydrogens (tertiary/aromatic N) is 3. The molecule has 1 aliphatic rings. The molecule has 1 aromatic carbocycles. The van der Waals surface area contributed by atoms with Crippen molar-refractivity contribution in [1.82, 2.24) is 20.3 Å². The Bertz CT molecular complexity index is 1320. The Morgan fingerprint density at radius 3 is 2.71 bits per heavy atom. The standard InChI is InChI=1S/C24H23N5O2/c1-14-3-4-15(10-21(14)30-2)16-9-18-22-20(29-24(18)28-12-16)13-27-19(11-25)23(22)31-17-5-7-26-8-6-17/h3-4,9-10,12-13,17,26H,5-8H2,1-2H3,(H,28,29). The lowest BCUT2D eigenvalue weighted by atomic mass is 10.0. The topological polar surface area (TPSA) is 95.9 Å². The maximum atomic E-state index is 9.69. The number of pyridine rings is 2. The molecule has 0 amide bonds. The molecule has 2 N–H and O–H groups in total. The van der Waals surface area contributed by atoms with Gasteiger partial charge in [0.25, 0.3) is 0 Å². The van der Waals surface area contributed by atoms with Crippen LogP contribution in [0.1, 0.15) is 24.1 Å². The molecule has 0 aliphatic carbocycles. The molecule has 1 aliphatic heterocycles. The van der Waals surface area contributed by atoms with Gasteiger partial charge in [-0.1, -0.05) is 12.1 Å². The van der Waals surface area contributed by atoms with E-state index in [2.05, 4.69) is 38.5 Å². The summed E-state index contributed by atoms with van der Waals surface area (Å²) in [5.41, 5.74) is 4.91. The number of fused-ring (bicyclic) bond motifs is 3. The molecule has 1 saturated heterocycles. The molecular weight excluding hydrogens is 390 g/mol. The summed E-state index contributed by atoms with van der Waals surface area (Å²) in [7, 11) is 1.67. The second kappa shape index (κ2) is 7.89. The number of rotatable bonds is 4. The molecule has 4 heterocycles. The average Bonchev–Trinajstić information content (AvgIpc) is 3.18. The molecule has 0 saturated carbocycles. The number of hydrogen-bond acceptors (Lipinski definition) is 6. The maximum absolute atomic E-state index is 9.69. The van der Waals surface area contributed by atoms with E-state index < -0.39 is 0 Å². The number of benzene rings is 1. The van der Waals surface area contributed by atoms with Crippen LogP contribution in [-0.2, 0) is 0 Å². The van der Waals surface area contributed by atoms with Crippen LogP contribution in [0.3, 0.4) is 0 Å². The van der Waals surface area contributed by atoms with Gasteiger partial charge in [0, 0.05) is 17.1 Å². The quantitative estimate of drug-likeness (QED) is 0.523. The number of methoxy groups -OCH3 is 1. The lowest BCUT2D eigenvalue weighted by Gasteiger charge is -2.24. The van der Waals surface area contributed by atoms with Crippen molar-refractivity contribution in [2.45, 2.75) is 25.9 Å². The van der Waals surface area contributed by atoms with Crippen LogP contribution in [0.25, 0.3) is 33.1 Å². The van der Waals surface area contributed by atoms with Crippen LogP contribution < -0.4 is 14.8 Å². The van der Waals surface area contributed by atoms with Gasteiger partial charge in [-0.15, -0.1) is 0 Å². The average molecular weight is 413 g/mol. The molecule has 1 fully saturated rings. The van der Waals surface area contributed by atoms with Gasteiger partial charge in [0.2, 0.25) is 0 Å². The van der Waals surface area contributed by atoms with Crippen molar-refractivity contribution in [3.63, 3.8) is 0 Å². The minimum Gasteiger partial charge on any atom is -0.496 e. The normalized spacial score (nSPS) is 14.6. The number of hydrogen-bond donors (Lipinski definition) is 2. The van der Waals surface area contributed by atoms with Crippen molar-refractivity contribution in [2.24, 2.45) is 0 Å². The molecule has 4 aromatic rings. The third kappa shape index (κ3) is 3.45. The van der Waals surface area contributed by atoms with E-state index in [9.17, 15) is 5.26 Å². The highest BCUT2D eigenvalue weighted by molar-refractivity contribution is 6.10. The molecule has 0 unspecified atom stereocenters. The van der Waals surface area contributed by atoms with Gasteiger partial charge >= 0.3 is 0 Å². The molecular formula is C24H23N5O2. The predicted molar refractivity (Wildman–Crippen MR) is 119 cm³/mol. The van der Waals surface area contributed by atoms with E-state index in [1.54, 1.807) is 13.3 Å². The number of nitrogens with one attached hydrogen (secondary N) is 2. The van der Waals surface area contributed by atoms with Gasteiger partial charge in [0.15, 0.2) is 11.4 Å². The summed E-state index contributed by atoms with van der Waals surface area (Å²) in [6.07, 6.45) is 5.38. The summed E-state index contributed by atoms with van der Waals surface area (Å²) in [4.78, 5) is 12.3. The maximum Gasteiger partial charge on any atom is 0.183 e. The zero-order valence-electron chi connectivity index (χ0n) is 17.5. The monoisotopic (exact) mass is 413 g/mol. The molecule has 0 radical (unpaired) electrons. The van der Waals surface area contributed by atoms with E-state index in [-0.39, 0.29) is 6.10 Å². The summed E-state index contributed by atoms with van der Waals surface area (Å²) in [5.74, 6) is 1.38. The lowest BCUT2D eigenvalue weighted by molar-refractivity contribution is 0.163. The highest BCUT2D eigenvalue weighted by atomic mass is 16.5. The van der Waals surface area contributed by atoms with Crippen molar-refractivity contribution in [3.05, 3.63) is 47.9 Å². The molecule has 7 nitrogen and oxygen atoms in total. The first-order valence-electron chi connectivity index (χ1n) is 10.4. The molecule has 156 valence electrons. The Hall–Kier alpha value is -3.63. The minimum atomic E-state index is 0.0585. The van der Waals surface area contributed by atoms with E-state index in [1.807, 2.05) is 25.3 Å². The van der Waals surface area contributed by atoms with Crippen LogP contribution >= 0.6 is 0 Å². The van der Waals surface area contributed by atoms with E-state index in [0.717, 1.165) is 70.3 Å². The number of nitriles is 1. The molecule has 7 heteroatoms. The minimum absolute atomic E-state index is 0.0585. The van der Waals surface area contributed by atoms with Crippen LogP contribution in [0.4, 0.5) is 0 Å². The Morgan fingerprint density at radius 2 is 1.94 bits per heavy atom. The van der Waals surface area contributed by atoms with Gasteiger partial charge in [-0.25, -0.2) is 9.97 Å². The van der Waals surface area contributed by atoms with Crippen LogP contribution in [0.2, 0.25) is 0 Å². The van der Waals surface area contributed by atoms with E-state index in [0.29, 0.717) is 11.4 Å². The Labute approximate surface area is 180 Å². The third-order valence-electron chi connectivity index (χ3n) is 5.86. The summed E-state index contributed by atoms with van der Waals surface area (Å²) in [5, 5.41) is 14.8. The van der Waals surface area contributed by atoms with Crippen LogP contribution in [0.15, 0.2) is 36.7 Å². The zero-order valence-corrected chi connectivity index (χ0v) is 17.5. The number of piperidine rings is 1. The fraction of sp³-hybridized carbons (Fsp3) is 0.292. The van der Waals surface area contributed by atoms with Crippen LogP contribution in [-0.4, -0.2) is 41.3 Å². The predicted octanol–water partition coefficient (Wildman–Crippen LogP) is 4.10. The molecule has 31 heavy (non-hydrogen) atoms. The zero-order chi connectivity index (χ0) is 21.4. The third-order valence-corrected chi connectivity index (χ3v) is 5.86. The second-order valence-electron chi connectivity index (χ2n) is 7.83. The first kappa shape index (κ1) is 19.3. The van der Waals surface area contributed by atoms with Gasteiger partial charge in [-0.3, -0.25) is 0 Å². The molecule has 0 bridgehead atoms. The molecule has 3 aromatic heterocycles. The highest BCUT2D eigenvalue weighted by Gasteiger charge is 2.22. The second-order valence-corrected chi connectivity index (χ2v) is 7.83. The Balaban J connectivity index is 1.68. The lowest BCUT2D eigenvalue weighted by Crippen LogP contribution is -2.34. The van der Waals surface area contributed by atoms with Crippen molar-refractivity contribution < 1.29 is 9.47 Å².